The van der Waals surface area contributed by atoms with E-state index >= 15 is 0 Å². The molecule has 0 amide bonds. The van der Waals surface area contributed by atoms with Crippen LogP contribution >= 0.6 is 11.3 Å². The molecule has 2 aromatic heterocycles. The molecule has 0 aliphatic heterocycles. The first-order valence-electron chi connectivity index (χ1n) is 7.09. The molecule has 2 nitrogen and oxygen atoms in total. The van der Waals surface area contributed by atoms with Crippen molar-refractivity contribution in [1.82, 2.24) is 10.3 Å². The lowest BCUT2D eigenvalue weighted by molar-refractivity contribution is 0.577. The van der Waals surface area contributed by atoms with Gasteiger partial charge in [-0.1, -0.05) is 36.4 Å². The van der Waals surface area contributed by atoms with Crippen LogP contribution in [0.15, 0.2) is 66.3 Å². The summed E-state index contributed by atoms with van der Waals surface area (Å²) in [5.74, 6) is 0. The molecule has 2 heterocycles. The zero-order valence-electron chi connectivity index (χ0n) is 12.0. The van der Waals surface area contributed by atoms with E-state index in [1.165, 1.54) is 21.6 Å². The summed E-state index contributed by atoms with van der Waals surface area (Å²) >= 11 is 1.80. The second-order valence-electron chi connectivity index (χ2n) is 5.06. The summed E-state index contributed by atoms with van der Waals surface area (Å²) in [4.78, 5) is 5.52. The summed E-state index contributed by atoms with van der Waals surface area (Å²) in [6, 6.07) is 17.2. The topological polar surface area (TPSA) is 24.9 Å². The fourth-order valence-corrected chi connectivity index (χ4v) is 3.10. The van der Waals surface area contributed by atoms with Crippen LogP contribution in [0.1, 0.15) is 23.4 Å². The van der Waals surface area contributed by atoms with Gasteiger partial charge in [0.1, 0.15) is 0 Å². The van der Waals surface area contributed by atoms with Gasteiger partial charge < -0.3 is 5.32 Å². The van der Waals surface area contributed by atoms with E-state index in [0.717, 1.165) is 6.54 Å². The molecule has 0 spiro atoms. The molecule has 106 valence electrons. The van der Waals surface area contributed by atoms with Gasteiger partial charge in [0.2, 0.25) is 0 Å². The van der Waals surface area contributed by atoms with E-state index in [2.05, 4.69) is 59.0 Å². The van der Waals surface area contributed by atoms with Crippen molar-refractivity contribution in [2.45, 2.75) is 19.5 Å². The normalized spacial score (nSPS) is 12.2. The zero-order valence-corrected chi connectivity index (χ0v) is 12.8. The Morgan fingerprint density at radius 1 is 1.10 bits per heavy atom. The number of thiophene rings is 1. The Bertz CT molecular complexity index is 677. The van der Waals surface area contributed by atoms with E-state index in [1.807, 2.05) is 24.5 Å². The highest BCUT2D eigenvalue weighted by molar-refractivity contribution is 7.10. The van der Waals surface area contributed by atoms with Gasteiger partial charge in [-0.25, -0.2) is 0 Å². The van der Waals surface area contributed by atoms with E-state index in [9.17, 15) is 0 Å². The van der Waals surface area contributed by atoms with Crippen molar-refractivity contribution in [1.29, 1.82) is 0 Å². The van der Waals surface area contributed by atoms with Crippen molar-refractivity contribution in [3.05, 3.63) is 76.7 Å². The van der Waals surface area contributed by atoms with E-state index in [4.69, 9.17) is 0 Å². The van der Waals surface area contributed by atoms with Crippen molar-refractivity contribution in [2.75, 3.05) is 0 Å². The molecule has 0 aliphatic carbocycles. The van der Waals surface area contributed by atoms with Gasteiger partial charge in [-0.2, -0.15) is 0 Å². The highest BCUT2D eigenvalue weighted by atomic mass is 32.1. The smallest absolute Gasteiger partial charge is 0.0315 e. The molecule has 0 saturated carbocycles. The third kappa shape index (κ3) is 3.57. The number of benzene rings is 1. The SMILES string of the molecule is C[C@@H](NCc1cc(-c2ccccc2)cs1)c1cccnc1. The molecular formula is C18H18N2S. The first kappa shape index (κ1) is 14.0. The quantitative estimate of drug-likeness (QED) is 0.740. The summed E-state index contributed by atoms with van der Waals surface area (Å²) < 4.78 is 0. The number of pyridine rings is 1. The minimum absolute atomic E-state index is 0.306. The average Bonchev–Trinajstić information content (AvgIpc) is 3.03. The van der Waals surface area contributed by atoms with Crippen molar-refractivity contribution >= 4 is 11.3 Å². The molecule has 21 heavy (non-hydrogen) atoms. The van der Waals surface area contributed by atoms with E-state index in [-0.39, 0.29) is 0 Å². The van der Waals surface area contributed by atoms with Gasteiger partial charge in [0.05, 0.1) is 0 Å². The molecule has 1 aromatic carbocycles. The second kappa shape index (κ2) is 6.66. The molecule has 0 saturated heterocycles. The molecule has 0 fully saturated rings. The molecule has 0 bridgehead atoms. The van der Waals surface area contributed by atoms with Gasteiger partial charge in [-0.3, -0.25) is 4.98 Å². The fourth-order valence-electron chi connectivity index (χ4n) is 2.26. The maximum Gasteiger partial charge on any atom is 0.0315 e. The maximum atomic E-state index is 4.17. The summed E-state index contributed by atoms with van der Waals surface area (Å²) in [5, 5.41) is 5.77. The third-order valence-corrected chi connectivity index (χ3v) is 4.46. The zero-order chi connectivity index (χ0) is 14.5. The molecule has 3 aromatic rings. The molecule has 1 atom stereocenters. The van der Waals surface area contributed by atoms with Crippen molar-refractivity contribution in [3.8, 4) is 11.1 Å². The van der Waals surface area contributed by atoms with Gasteiger partial charge in [0.25, 0.3) is 0 Å². The van der Waals surface area contributed by atoms with Gasteiger partial charge in [-0.05, 0) is 41.1 Å². The van der Waals surface area contributed by atoms with Crippen LogP contribution < -0.4 is 5.32 Å². The van der Waals surface area contributed by atoms with Crippen LogP contribution in [0.4, 0.5) is 0 Å². The van der Waals surface area contributed by atoms with Crippen LogP contribution in [0.3, 0.4) is 0 Å². The Labute approximate surface area is 129 Å². The molecule has 3 heteroatoms. The maximum absolute atomic E-state index is 4.17. The predicted molar refractivity (Wildman–Crippen MR) is 89.2 cm³/mol. The molecule has 0 radical (unpaired) electrons. The largest absolute Gasteiger partial charge is 0.305 e. The Balaban J connectivity index is 1.63. The van der Waals surface area contributed by atoms with E-state index < -0.39 is 0 Å². The minimum atomic E-state index is 0.306. The third-order valence-electron chi connectivity index (χ3n) is 3.53. The lowest BCUT2D eigenvalue weighted by Crippen LogP contribution is -2.17. The standard InChI is InChI=1S/C18H18N2S/c1-14(16-8-5-9-19-11-16)20-12-18-10-17(13-21-18)15-6-3-2-4-7-15/h2-11,13-14,20H,12H2,1H3/t14-/m1/s1. The number of rotatable bonds is 5. The number of hydrogen-bond donors (Lipinski definition) is 1. The molecular weight excluding hydrogens is 276 g/mol. The summed E-state index contributed by atoms with van der Waals surface area (Å²) in [6.07, 6.45) is 3.73. The van der Waals surface area contributed by atoms with Gasteiger partial charge in [0.15, 0.2) is 0 Å². The molecule has 3 rings (SSSR count). The van der Waals surface area contributed by atoms with Crippen LogP contribution in [0.5, 0.6) is 0 Å². The van der Waals surface area contributed by atoms with Gasteiger partial charge in [0, 0.05) is 29.9 Å². The van der Waals surface area contributed by atoms with Crippen LogP contribution in [0, 0.1) is 0 Å². The first-order chi connectivity index (χ1) is 10.3. The Morgan fingerprint density at radius 3 is 2.71 bits per heavy atom. The van der Waals surface area contributed by atoms with E-state index in [1.54, 1.807) is 11.3 Å². The Hall–Kier alpha value is -1.97. The van der Waals surface area contributed by atoms with Crippen LogP contribution in [-0.4, -0.2) is 4.98 Å². The molecule has 1 N–H and O–H groups in total. The Kier molecular flexibility index (Phi) is 4.43. The minimum Gasteiger partial charge on any atom is -0.305 e. The average molecular weight is 294 g/mol. The number of nitrogens with one attached hydrogen (secondary N) is 1. The summed E-state index contributed by atoms with van der Waals surface area (Å²) in [7, 11) is 0. The van der Waals surface area contributed by atoms with Crippen LogP contribution in [0.2, 0.25) is 0 Å². The summed E-state index contributed by atoms with van der Waals surface area (Å²) in [6.45, 7) is 3.05. The van der Waals surface area contributed by atoms with Crippen molar-refractivity contribution < 1.29 is 0 Å². The second-order valence-corrected chi connectivity index (χ2v) is 6.05. The van der Waals surface area contributed by atoms with Crippen LogP contribution in [-0.2, 0) is 6.54 Å². The number of nitrogens with zero attached hydrogens (tertiary/aromatic N) is 1. The first-order valence-corrected chi connectivity index (χ1v) is 7.97. The highest BCUT2D eigenvalue weighted by Gasteiger charge is 2.06. The monoisotopic (exact) mass is 294 g/mol. The highest BCUT2D eigenvalue weighted by Crippen LogP contribution is 2.25. The van der Waals surface area contributed by atoms with E-state index in [0.29, 0.717) is 6.04 Å². The fraction of sp³-hybridized carbons (Fsp3) is 0.167. The van der Waals surface area contributed by atoms with Crippen molar-refractivity contribution in [3.63, 3.8) is 0 Å². The molecule has 0 aliphatic rings. The lowest BCUT2D eigenvalue weighted by Gasteiger charge is -2.12. The Morgan fingerprint density at radius 2 is 1.95 bits per heavy atom. The van der Waals surface area contributed by atoms with Crippen LogP contribution in [0.25, 0.3) is 11.1 Å². The predicted octanol–water partition coefficient (Wildman–Crippen LogP) is 4.66. The summed E-state index contributed by atoms with van der Waals surface area (Å²) in [5.41, 5.74) is 3.80. The molecule has 0 unspecified atom stereocenters. The van der Waals surface area contributed by atoms with Crippen molar-refractivity contribution in [2.24, 2.45) is 0 Å². The van der Waals surface area contributed by atoms with Gasteiger partial charge in [-0.15, -0.1) is 11.3 Å². The number of hydrogen-bond acceptors (Lipinski definition) is 3. The van der Waals surface area contributed by atoms with Gasteiger partial charge >= 0.3 is 0 Å². The number of aromatic nitrogens is 1. The lowest BCUT2D eigenvalue weighted by atomic mass is 10.1.